The molecule has 0 fully saturated rings. The molecule has 8 nitrogen and oxygen atoms in total. The zero-order chi connectivity index (χ0) is 88.7. The molecule has 8 heteroatoms. The summed E-state index contributed by atoms with van der Waals surface area (Å²) in [5.41, 5.74) is 32.8. The largest absolute Gasteiger partial charge is 0.343 e. The Hall–Kier alpha value is -14.1. The molecular weight excluding hydrogens is 1470 g/mol. The van der Waals surface area contributed by atoms with Crippen LogP contribution in [0.25, 0.3) is 198 Å². The van der Waals surface area contributed by atoms with E-state index in [1.54, 1.807) is 18.3 Å². The Balaban J connectivity index is 0.000000111. The molecule has 121 heavy (non-hydrogen) atoms. The molecule has 590 valence electrons. The third kappa shape index (κ3) is 13.0. The van der Waals surface area contributed by atoms with E-state index in [1.165, 1.54) is 187 Å². The van der Waals surface area contributed by atoms with Crippen molar-refractivity contribution in [2.45, 2.75) is 62.2 Å². The van der Waals surface area contributed by atoms with Gasteiger partial charge in [-0.25, -0.2) is 9.13 Å². The highest BCUT2D eigenvalue weighted by Crippen LogP contribution is 2.45. The molecule has 0 saturated carbocycles. The highest BCUT2D eigenvalue weighted by Gasteiger charge is 2.30. The lowest BCUT2D eigenvalue weighted by Gasteiger charge is -2.09. The maximum atomic E-state index is 8.24. The molecule has 0 N–H and O–H groups in total. The summed E-state index contributed by atoms with van der Waals surface area (Å²) in [6, 6.07) is 102. The predicted octanol–water partition coefficient (Wildman–Crippen LogP) is 26.0. The summed E-state index contributed by atoms with van der Waals surface area (Å²) >= 11 is 0. The lowest BCUT2D eigenvalue weighted by Crippen LogP contribution is -2.31. The number of hydrogen-bond acceptors (Lipinski definition) is 0. The third-order valence-electron chi connectivity index (χ3n) is 25.6. The molecular formula is C113H102N8+4. The van der Waals surface area contributed by atoms with Gasteiger partial charge in [-0.15, -0.1) is 0 Å². The standard InChI is InChI=1S/C32H29N2.C31H27N2.C26H25N2.C24H21N2/c1-20-6-9-23(10-7-20)24-11-14-27-25(19-24)12-15-29-30(27)28-16-17-33(4)31(32(28)34(29)5)26-13-8-21(2)18-22(26)3;1-20-9-11-22(12-10-20)23-13-15-26-24(19-23)14-16-28-29(26)27-17-18-32(3)30(31(27)33(28)4)25-8-6-5-7-21(25)2;1-16-10-12-20(17(2)14-16)26-24-23-21-9-7-6-8-19(21)11-13-22(23)28(5)25(24)18(3)15-27(26)4;1-16-8-4-6-10-18(16)24-23-21(14-15-25(24)2)26(3)20-13-12-17-9-5-7-11-19(17)22(20)23/h6-19H,1-5H3;5-19H,1-4H3;6-15H,1-5H3;4-15H,1-3H3/q4*+1/i;;1D3,3D3;. The molecule has 8 heterocycles. The van der Waals surface area contributed by atoms with Crippen molar-refractivity contribution in [1.82, 2.24) is 18.3 Å². The van der Waals surface area contributed by atoms with E-state index in [0.717, 1.165) is 43.9 Å². The summed E-state index contributed by atoms with van der Waals surface area (Å²) in [6.45, 7) is 10.4. The summed E-state index contributed by atoms with van der Waals surface area (Å²) in [5.74, 6) is 0. The van der Waals surface area contributed by atoms with Crippen molar-refractivity contribution in [1.29, 1.82) is 0 Å². The van der Waals surface area contributed by atoms with Gasteiger partial charge in [-0.05, 0) is 210 Å². The van der Waals surface area contributed by atoms with Gasteiger partial charge in [0.05, 0.1) is 32.9 Å². The maximum Gasteiger partial charge on any atom is 0.237 e. The fourth-order valence-corrected chi connectivity index (χ4v) is 19.5. The van der Waals surface area contributed by atoms with Crippen LogP contribution in [0.1, 0.15) is 58.3 Å². The molecule has 14 aromatic carbocycles. The van der Waals surface area contributed by atoms with Crippen LogP contribution in [0.3, 0.4) is 0 Å². The van der Waals surface area contributed by atoms with Crippen LogP contribution in [-0.4, -0.2) is 18.3 Å². The summed E-state index contributed by atoms with van der Waals surface area (Å²) in [7, 11) is 16.8. The molecule has 0 aliphatic carbocycles. The van der Waals surface area contributed by atoms with E-state index in [-0.39, 0.29) is 11.1 Å². The first-order valence-electron chi connectivity index (χ1n) is 44.7. The summed E-state index contributed by atoms with van der Waals surface area (Å²) in [6.07, 6.45) is 8.26. The van der Waals surface area contributed by atoms with Gasteiger partial charge in [0.15, 0.2) is 24.8 Å². The lowest BCUT2D eigenvalue weighted by molar-refractivity contribution is -0.659. The van der Waals surface area contributed by atoms with Crippen LogP contribution in [-0.2, 0) is 56.4 Å². The molecule has 0 unspecified atom stereocenters. The minimum Gasteiger partial charge on any atom is -0.343 e. The SMILES string of the molecule is Cc1ccc(-c2ccc3c(ccc4c3c3cc[n+](C)c(-c5ccc(C)cc5C)c3n4C)c2)cc1.Cc1ccc(-c2ccc3c(ccc4c3c3cc[n+](C)c(-c5ccccc5C)c3n4C)c2)cc1.Cc1ccccc1-c1c2c3c4ccccc4ccc3n(C)c2cc[n+]1C.[2H]C([2H])([2H])c1ccc(-c2c3c4c5ccccc5ccc4n(C)c3c(C([2H])([2H])[2H])c[n+]2C)c(C)c1. The number of pyridine rings is 4. The van der Waals surface area contributed by atoms with Gasteiger partial charge in [0.25, 0.3) is 0 Å². The van der Waals surface area contributed by atoms with Crippen molar-refractivity contribution in [3.05, 3.63) is 360 Å². The average molecular weight is 1580 g/mol. The Labute approximate surface area is 716 Å². The summed E-state index contributed by atoms with van der Waals surface area (Å²) in [4.78, 5) is 0. The van der Waals surface area contributed by atoms with Crippen LogP contribution < -0.4 is 18.3 Å². The second kappa shape index (κ2) is 30.4. The van der Waals surface area contributed by atoms with Crippen molar-refractivity contribution in [3.63, 3.8) is 0 Å². The van der Waals surface area contributed by atoms with Gasteiger partial charge in [-0.3, -0.25) is 0 Å². The Morgan fingerprint density at radius 3 is 1.11 bits per heavy atom. The molecule has 0 radical (unpaired) electrons. The van der Waals surface area contributed by atoms with Gasteiger partial charge in [-0.2, -0.15) is 9.13 Å². The van der Waals surface area contributed by atoms with E-state index in [2.05, 4.69) is 379 Å². The second-order valence-electron chi connectivity index (χ2n) is 33.4. The highest BCUT2D eigenvalue weighted by atomic mass is 15.0. The predicted molar refractivity (Wildman–Crippen MR) is 512 cm³/mol. The van der Waals surface area contributed by atoms with Gasteiger partial charge in [-0.1, -0.05) is 229 Å². The molecule has 8 aromatic heterocycles. The van der Waals surface area contributed by atoms with E-state index in [0.29, 0.717) is 5.52 Å². The minimum atomic E-state index is -2.30. The molecule has 0 atom stereocenters. The highest BCUT2D eigenvalue weighted by molar-refractivity contribution is 6.27. The normalized spacial score (nSPS) is 12.6. The molecule has 0 saturated heterocycles. The van der Waals surface area contributed by atoms with Crippen molar-refractivity contribution < 1.29 is 26.5 Å². The van der Waals surface area contributed by atoms with Crippen molar-refractivity contribution in [2.24, 2.45) is 56.4 Å². The zero-order valence-electron chi connectivity index (χ0n) is 77.5. The number of hydrogen-bond donors (Lipinski definition) is 0. The lowest BCUT2D eigenvalue weighted by atomic mass is 9.96. The summed E-state index contributed by atoms with van der Waals surface area (Å²) < 4.78 is 65.7. The van der Waals surface area contributed by atoms with Gasteiger partial charge in [0.2, 0.25) is 22.8 Å². The Kier molecular flexibility index (Phi) is 17.6. The van der Waals surface area contributed by atoms with Gasteiger partial charge in [0.1, 0.15) is 39.2 Å². The van der Waals surface area contributed by atoms with Crippen molar-refractivity contribution in [3.8, 4) is 67.3 Å². The quantitative estimate of drug-likeness (QED) is 0.149. The van der Waals surface area contributed by atoms with Crippen LogP contribution in [0, 0.1) is 62.2 Å². The smallest absolute Gasteiger partial charge is 0.237 e. The van der Waals surface area contributed by atoms with E-state index in [4.69, 9.17) is 8.22 Å². The minimum absolute atomic E-state index is 0.285. The number of nitrogens with zero attached hydrogens (tertiary/aromatic N) is 8. The van der Waals surface area contributed by atoms with Gasteiger partial charge < -0.3 is 18.3 Å². The van der Waals surface area contributed by atoms with Crippen LogP contribution in [0.5, 0.6) is 0 Å². The van der Waals surface area contributed by atoms with E-state index in [1.807, 2.05) is 54.4 Å². The van der Waals surface area contributed by atoms with Crippen LogP contribution in [0.2, 0.25) is 0 Å². The fourth-order valence-electron chi connectivity index (χ4n) is 19.5. The number of rotatable bonds is 6. The van der Waals surface area contributed by atoms with Crippen LogP contribution in [0.15, 0.2) is 310 Å². The van der Waals surface area contributed by atoms with Gasteiger partial charge in [0, 0.05) is 126 Å². The second-order valence-corrected chi connectivity index (χ2v) is 33.4. The number of fused-ring (bicyclic) bond motifs is 20. The molecule has 22 rings (SSSR count). The Morgan fingerprint density at radius 1 is 0.231 bits per heavy atom. The average Bonchev–Trinajstić information content (AvgIpc) is 1.58. The first-order valence-corrected chi connectivity index (χ1v) is 41.7. The first-order chi connectivity index (χ1) is 61.0. The first kappa shape index (κ1) is 70.0. The molecule has 0 spiro atoms. The monoisotopic (exact) mass is 1580 g/mol. The molecule has 0 bridgehead atoms. The maximum absolute atomic E-state index is 8.24. The molecule has 22 aromatic rings. The molecule has 0 amide bonds. The van der Waals surface area contributed by atoms with E-state index in [9.17, 15) is 0 Å². The summed E-state index contributed by atoms with van der Waals surface area (Å²) in [5, 5.41) is 19.7. The number of aryl methyl sites for hydroxylation is 17. The van der Waals surface area contributed by atoms with Gasteiger partial charge >= 0.3 is 0 Å². The van der Waals surface area contributed by atoms with E-state index >= 15 is 0 Å². The Morgan fingerprint density at radius 2 is 0.603 bits per heavy atom. The third-order valence-corrected chi connectivity index (χ3v) is 25.6. The van der Waals surface area contributed by atoms with Crippen molar-refractivity contribution in [2.75, 3.05) is 0 Å². The van der Waals surface area contributed by atoms with Crippen molar-refractivity contribution >= 4 is 130 Å². The number of benzene rings is 14. The van der Waals surface area contributed by atoms with E-state index < -0.39 is 13.7 Å². The zero-order valence-corrected chi connectivity index (χ0v) is 71.5. The molecule has 0 aliphatic heterocycles. The topological polar surface area (TPSA) is 35.2 Å². The number of aromatic nitrogens is 8. The Bertz CT molecular complexity index is 8280. The fraction of sp³-hybridized carbons (Fsp3) is 0.150. The molecule has 0 aliphatic rings. The van der Waals surface area contributed by atoms with Crippen LogP contribution in [0.4, 0.5) is 0 Å². The van der Waals surface area contributed by atoms with Crippen LogP contribution >= 0.6 is 0 Å².